The summed E-state index contributed by atoms with van der Waals surface area (Å²) in [6.45, 7) is 3.20. The fourth-order valence-corrected chi connectivity index (χ4v) is 1.97. The summed E-state index contributed by atoms with van der Waals surface area (Å²) in [5.41, 5.74) is 2.55. The maximum absolute atomic E-state index is 5.97. The SMILES string of the molecule is Cc1cc([C@H]2CCCN2)ccc1Cl.Cl. The Balaban J connectivity index is 0.000000980. The standard InChI is InChI=1S/C11H14ClN.ClH/c1-8-7-9(4-5-10(8)12)11-3-2-6-13-11;/h4-5,7,11,13H,2-3,6H2,1H3;1H/t11-;/m1./s1. The molecule has 1 aromatic carbocycles. The lowest BCUT2D eigenvalue weighted by Crippen LogP contribution is -2.12. The van der Waals surface area contributed by atoms with Gasteiger partial charge in [-0.15, -0.1) is 12.4 Å². The van der Waals surface area contributed by atoms with Crippen molar-refractivity contribution in [3.8, 4) is 0 Å². The van der Waals surface area contributed by atoms with Gasteiger partial charge in [0.15, 0.2) is 0 Å². The normalized spacial score (nSPS) is 20.6. The molecule has 0 bridgehead atoms. The molecule has 0 radical (unpaired) electrons. The first-order valence-electron chi connectivity index (χ1n) is 4.77. The third-order valence-electron chi connectivity index (χ3n) is 2.64. The van der Waals surface area contributed by atoms with Crippen LogP contribution >= 0.6 is 24.0 Å². The Kier molecular flexibility index (Phi) is 4.24. The number of halogens is 2. The monoisotopic (exact) mass is 231 g/mol. The predicted molar refractivity (Wildman–Crippen MR) is 63.4 cm³/mol. The van der Waals surface area contributed by atoms with Crippen LogP contribution in [0.25, 0.3) is 0 Å². The average Bonchev–Trinajstić information content (AvgIpc) is 2.62. The Morgan fingerprint density at radius 3 is 2.79 bits per heavy atom. The van der Waals surface area contributed by atoms with Gasteiger partial charge in [-0.1, -0.05) is 23.7 Å². The zero-order chi connectivity index (χ0) is 9.26. The van der Waals surface area contributed by atoms with Crippen molar-refractivity contribution in [1.29, 1.82) is 0 Å². The maximum atomic E-state index is 5.97. The molecule has 0 aliphatic carbocycles. The lowest BCUT2D eigenvalue weighted by atomic mass is 10.0. The van der Waals surface area contributed by atoms with E-state index in [1.54, 1.807) is 0 Å². The smallest absolute Gasteiger partial charge is 0.0435 e. The van der Waals surface area contributed by atoms with E-state index in [2.05, 4.69) is 24.4 Å². The maximum Gasteiger partial charge on any atom is 0.0435 e. The van der Waals surface area contributed by atoms with Crippen molar-refractivity contribution < 1.29 is 0 Å². The van der Waals surface area contributed by atoms with E-state index in [0.29, 0.717) is 6.04 Å². The van der Waals surface area contributed by atoms with Gasteiger partial charge in [-0.25, -0.2) is 0 Å². The fraction of sp³-hybridized carbons (Fsp3) is 0.455. The fourth-order valence-electron chi connectivity index (χ4n) is 1.85. The summed E-state index contributed by atoms with van der Waals surface area (Å²) in [5.74, 6) is 0. The first kappa shape index (κ1) is 11.8. The van der Waals surface area contributed by atoms with Crippen LogP contribution in [0.4, 0.5) is 0 Å². The Morgan fingerprint density at radius 1 is 1.43 bits per heavy atom. The van der Waals surface area contributed by atoms with E-state index in [1.807, 2.05) is 6.07 Å². The van der Waals surface area contributed by atoms with E-state index < -0.39 is 0 Å². The molecule has 1 atom stereocenters. The topological polar surface area (TPSA) is 12.0 Å². The molecule has 1 fully saturated rings. The molecule has 1 N–H and O–H groups in total. The van der Waals surface area contributed by atoms with Crippen LogP contribution in [-0.2, 0) is 0 Å². The Labute approximate surface area is 96.3 Å². The molecule has 3 heteroatoms. The minimum atomic E-state index is 0. The highest BCUT2D eigenvalue weighted by Crippen LogP contribution is 2.26. The van der Waals surface area contributed by atoms with Crippen molar-refractivity contribution in [1.82, 2.24) is 5.32 Å². The third-order valence-corrected chi connectivity index (χ3v) is 3.07. The van der Waals surface area contributed by atoms with Crippen molar-refractivity contribution in [3.63, 3.8) is 0 Å². The molecule has 1 aliphatic heterocycles. The van der Waals surface area contributed by atoms with Crippen molar-refractivity contribution in [2.24, 2.45) is 0 Å². The molecule has 0 amide bonds. The minimum absolute atomic E-state index is 0. The van der Waals surface area contributed by atoms with E-state index in [1.165, 1.54) is 24.0 Å². The average molecular weight is 232 g/mol. The van der Waals surface area contributed by atoms with Crippen LogP contribution in [0.3, 0.4) is 0 Å². The summed E-state index contributed by atoms with van der Waals surface area (Å²) >= 11 is 5.97. The summed E-state index contributed by atoms with van der Waals surface area (Å²) < 4.78 is 0. The second-order valence-electron chi connectivity index (χ2n) is 3.66. The quantitative estimate of drug-likeness (QED) is 0.781. The van der Waals surface area contributed by atoms with Crippen LogP contribution in [0.1, 0.15) is 30.0 Å². The molecule has 1 aromatic rings. The van der Waals surface area contributed by atoms with Gasteiger partial charge >= 0.3 is 0 Å². The summed E-state index contributed by atoms with van der Waals surface area (Å²) in [6, 6.07) is 6.85. The summed E-state index contributed by atoms with van der Waals surface area (Å²) in [6.07, 6.45) is 2.54. The van der Waals surface area contributed by atoms with Gasteiger partial charge < -0.3 is 5.32 Å². The van der Waals surface area contributed by atoms with Crippen LogP contribution in [-0.4, -0.2) is 6.54 Å². The second-order valence-corrected chi connectivity index (χ2v) is 4.06. The van der Waals surface area contributed by atoms with Crippen LogP contribution in [0.15, 0.2) is 18.2 Å². The molecule has 0 unspecified atom stereocenters. The molecule has 0 aromatic heterocycles. The number of hydrogen-bond acceptors (Lipinski definition) is 1. The van der Waals surface area contributed by atoms with Crippen molar-refractivity contribution in [3.05, 3.63) is 34.3 Å². The number of aryl methyl sites for hydroxylation is 1. The minimum Gasteiger partial charge on any atom is -0.310 e. The largest absolute Gasteiger partial charge is 0.310 e. The van der Waals surface area contributed by atoms with Gasteiger partial charge in [-0.05, 0) is 43.5 Å². The molecule has 0 saturated carbocycles. The Hall–Kier alpha value is -0.240. The highest BCUT2D eigenvalue weighted by atomic mass is 35.5. The van der Waals surface area contributed by atoms with Crippen LogP contribution in [0.2, 0.25) is 5.02 Å². The second kappa shape index (κ2) is 5.01. The molecular weight excluding hydrogens is 217 g/mol. The number of hydrogen-bond donors (Lipinski definition) is 1. The van der Waals surface area contributed by atoms with E-state index in [0.717, 1.165) is 11.6 Å². The molecule has 0 spiro atoms. The van der Waals surface area contributed by atoms with E-state index in [9.17, 15) is 0 Å². The Bertz CT molecular complexity index is 306. The van der Waals surface area contributed by atoms with Gasteiger partial charge in [0.1, 0.15) is 0 Å². The zero-order valence-electron chi connectivity index (χ0n) is 8.22. The summed E-state index contributed by atoms with van der Waals surface area (Å²) in [7, 11) is 0. The molecular formula is C11H15Cl2N. The van der Waals surface area contributed by atoms with Crippen molar-refractivity contribution in [2.45, 2.75) is 25.8 Å². The zero-order valence-corrected chi connectivity index (χ0v) is 9.79. The number of benzene rings is 1. The van der Waals surface area contributed by atoms with Gasteiger partial charge in [0, 0.05) is 11.1 Å². The van der Waals surface area contributed by atoms with Crippen LogP contribution in [0.5, 0.6) is 0 Å². The van der Waals surface area contributed by atoms with Crippen molar-refractivity contribution in [2.75, 3.05) is 6.54 Å². The molecule has 1 aliphatic rings. The van der Waals surface area contributed by atoms with E-state index >= 15 is 0 Å². The first-order chi connectivity index (χ1) is 6.27. The van der Waals surface area contributed by atoms with E-state index in [4.69, 9.17) is 11.6 Å². The van der Waals surface area contributed by atoms with E-state index in [-0.39, 0.29) is 12.4 Å². The number of rotatable bonds is 1. The summed E-state index contributed by atoms with van der Waals surface area (Å²) in [5, 5.41) is 4.34. The highest BCUT2D eigenvalue weighted by Gasteiger charge is 2.15. The van der Waals surface area contributed by atoms with Gasteiger partial charge in [-0.2, -0.15) is 0 Å². The molecule has 1 heterocycles. The predicted octanol–water partition coefficient (Wildman–Crippen LogP) is 3.49. The first-order valence-corrected chi connectivity index (χ1v) is 5.14. The number of nitrogens with one attached hydrogen (secondary N) is 1. The Morgan fingerprint density at radius 2 is 2.21 bits per heavy atom. The van der Waals surface area contributed by atoms with Crippen molar-refractivity contribution >= 4 is 24.0 Å². The third kappa shape index (κ3) is 2.41. The lowest BCUT2D eigenvalue weighted by molar-refractivity contribution is 0.647. The molecule has 1 saturated heterocycles. The van der Waals surface area contributed by atoms with Crippen LogP contribution in [0, 0.1) is 6.92 Å². The molecule has 2 rings (SSSR count). The van der Waals surface area contributed by atoms with Gasteiger partial charge in [0.25, 0.3) is 0 Å². The van der Waals surface area contributed by atoms with Gasteiger partial charge in [0.05, 0.1) is 0 Å². The molecule has 14 heavy (non-hydrogen) atoms. The lowest BCUT2D eigenvalue weighted by Gasteiger charge is -2.11. The van der Waals surface area contributed by atoms with Crippen LogP contribution < -0.4 is 5.32 Å². The van der Waals surface area contributed by atoms with Gasteiger partial charge in [0.2, 0.25) is 0 Å². The molecule has 1 nitrogen and oxygen atoms in total. The summed E-state index contributed by atoms with van der Waals surface area (Å²) in [4.78, 5) is 0. The molecule has 78 valence electrons. The highest BCUT2D eigenvalue weighted by molar-refractivity contribution is 6.31. The van der Waals surface area contributed by atoms with Gasteiger partial charge in [-0.3, -0.25) is 0 Å².